The molecule has 2 aliphatic heterocycles. The van der Waals surface area contributed by atoms with Crippen molar-refractivity contribution in [3.8, 4) is 0 Å². The van der Waals surface area contributed by atoms with Crippen LogP contribution in [0.3, 0.4) is 0 Å². The van der Waals surface area contributed by atoms with Gasteiger partial charge in [0, 0.05) is 6.42 Å². The molecule has 12 unspecified atom stereocenters. The average Bonchev–Trinajstić information content (AvgIpc) is 3.18. The van der Waals surface area contributed by atoms with Crippen LogP contribution in [0.1, 0.15) is 309 Å². The summed E-state index contributed by atoms with van der Waals surface area (Å²) in [5.74, 6) is -0.244. The Morgan fingerprint density at radius 1 is 0.429 bits per heavy atom. The van der Waals surface area contributed by atoms with Crippen molar-refractivity contribution in [2.45, 2.75) is 383 Å². The summed E-state index contributed by atoms with van der Waals surface area (Å²) in [5, 5.41) is 87.4. The Hall–Kier alpha value is -1.79. The summed E-state index contributed by atoms with van der Waals surface area (Å²) in [7, 11) is 0. The lowest BCUT2D eigenvalue weighted by atomic mass is 9.97. The number of ether oxygens (including phenoxy) is 4. The minimum absolute atomic E-state index is 0.244. The lowest BCUT2D eigenvalue weighted by Crippen LogP contribution is -2.65. The standard InChI is InChI=1S/C70H131NO13/c1-3-5-7-9-11-13-15-17-19-21-22-23-24-25-26-27-28-29-30-31-32-33-34-35-36-38-39-41-43-45-47-49-51-53-59(74)58(71-62(75)54-52-50-48-46-44-42-40-37-20-18-16-14-12-10-8-6-4-2)57-81-69-67(80)65(78)68(61(56-73)83-69)84-70-66(79)64(77)63(76)60(55-72)82-70/h12,14,18,20,51,53,58-61,63-70,72-74,76-80H,3-11,13,15-17,19,21-50,52,54-57H2,1-2H3,(H,71,75)/b14-12-,20-18-,53-51+. The van der Waals surface area contributed by atoms with Crippen molar-refractivity contribution in [3.05, 3.63) is 36.5 Å². The zero-order valence-electron chi connectivity index (χ0n) is 53.7. The highest BCUT2D eigenvalue weighted by Crippen LogP contribution is 2.30. The number of nitrogens with one attached hydrogen (secondary N) is 1. The minimum Gasteiger partial charge on any atom is -0.394 e. The fourth-order valence-corrected chi connectivity index (χ4v) is 11.7. The van der Waals surface area contributed by atoms with Crippen molar-refractivity contribution in [3.63, 3.8) is 0 Å². The van der Waals surface area contributed by atoms with Gasteiger partial charge in [0.1, 0.15) is 48.8 Å². The van der Waals surface area contributed by atoms with Crippen molar-refractivity contribution in [2.24, 2.45) is 0 Å². The van der Waals surface area contributed by atoms with Gasteiger partial charge in [-0.2, -0.15) is 0 Å². The van der Waals surface area contributed by atoms with Gasteiger partial charge in [-0.05, 0) is 51.4 Å². The van der Waals surface area contributed by atoms with Gasteiger partial charge in [0.2, 0.25) is 5.91 Å². The molecular weight excluding hydrogens is 1060 g/mol. The second-order valence-corrected chi connectivity index (χ2v) is 25.0. The second kappa shape index (κ2) is 55.3. The molecule has 12 atom stereocenters. The van der Waals surface area contributed by atoms with Crippen LogP contribution < -0.4 is 5.32 Å². The predicted octanol–water partition coefficient (Wildman–Crippen LogP) is 14.1. The molecule has 0 spiro atoms. The van der Waals surface area contributed by atoms with Gasteiger partial charge in [0.25, 0.3) is 0 Å². The average molecular weight is 1190 g/mol. The molecule has 0 aromatic rings. The fraction of sp³-hybridized carbons (Fsp3) is 0.900. The molecule has 0 aromatic carbocycles. The third kappa shape index (κ3) is 39.3. The Balaban J connectivity index is 1.64. The van der Waals surface area contributed by atoms with Gasteiger partial charge in [-0.15, -0.1) is 0 Å². The van der Waals surface area contributed by atoms with Crippen molar-refractivity contribution in [1.82, 2.24) is 5.32 Å². The van der Waals surface area contributed by atoms with E-state index in [1.165, 1.54) is 225 Å². The molecule has 0 aromatic heterocycles. The zero-order chi connectivity index (χ0) is 60.9. The molecule has 0 radical (unpaired) electrons. The van der Waals surface area contributed by atoms with Crippen molar-refractivity contribution in [1.29, 1.82) is 0 Å². The molecular formula is C70H131NO13. The number of unbranched alkanes of at least 4 members (excludes halogenated alkanes) is 41. The highest BCUT2D eigenvalue weighted by atomic mass is 16.7. The number of carbonyl (C=O) groups excluding carboxylic acids is 1. The number of amides is 1. The molecule has 0 bridgehead atoms. The van der Waals surface area contributed by atoms with Gasteiger partial charge in [0.05, 0.1) is 32.0 Å². The predicted molar refractivity (Wildman–Crippen MR) is 341 cm³/mol. The molecule has 2 fully saturated rings. The summed E-state index contributed by atoms with van der Waals surface area (Å²) >= 11 is 0. The molecule has 2 heterocycles. The Bertz CT molecular complexity index is 1550. The Kier molecular flexibility index (Phi) is 51.5. The van der Waals surface area contributed by atoms with Crippen LogP contribution >= 0.6 is 0 Å². The maximum Gasteiger partial charge on any atom is 0.220 e. The Labute approximate surface area is 512 Å². The SMILES string of the molecule is CCCCC/C=C\C/C=C\CCCCCCCCCC(=O)NC(COC1OC(CO)C(OC2OC(CO)C(O)C(O)C2O)C(O)C1O)C(O)/C=C/CCCCCCCCCCCCCCCCCCCCCCCCCCCCCCCCC. The van der Waals surface area contributed by atoms with Gasteiger partial charge in [0.15, 0.2) is 12.6 Å². The number of hydrogen-bond donors (Lipinski definition) is 9. The van der Waals surface area contributed by atoms with E-state index in [2.05, 4.69) is 43.5 Å². The Morgan fingerprint density at radius 2 is 0.786 bits per heavy atom. The van der Waals surface area contributed by atoms with Crippen LogP contribution in [-0.4, -0.2) is 140 Å². The fourth-order valence-electron chi connectivity index (χ4n) is 11.7. The van der Waals surface area contributed by atoms with E-state index >= 15 is 0 Å². The van der Waals surface area contributed by atoms with E-state index in [0.717, 1.165) is 57.8 Å². The quantitative estimate of drug-likeness (QED) is 0.0204. The number of rotatable bonds is 58. The summed E-state index contributed by atoms with van der Waals surface area (Å²) in [6.45, 7) is 2.80. The molecule has 9 N–H and O–H groups in total. The van der Waals surface area contributed by atoms with Crippen LogP contribution in [0.15, 0.2) is 36.5 Å². The number of aliphatic hydroxyl groups is 8. The van der Waals surface area contributed by atoms with E-state index in [0.29, 0.717) is 6.42 Å². The zero-order valence-corrected chi connectivity index (χ0v) is 53.7. The molecule has 2 rings (SSSR count). The number of allylic oxidation sites excluding steroid dienone is 5. The number of aliphatic hydroxyl groups excluding tert-OH is 8. The van der Waals surface area contributed by atoms with Crippen LogP contribution in [0, 0.1) is 0 Å². The molecule has 494 valence electrons. The summed E-state index contributed by atoms with van der Waals surface area (Å²) in [6, 6.07) is -0.920. The van der Waals surface area contributed by atoms with E-state index in [4.69, 9.17) is 18.9 Å². The summed E-state index contributed by atoms with van der Waals surface area (Å²) < 4.78 is 22.8. The number of carbonyl (C=O) groups is 1. The summed E-state index contributed by atoms with van der Waals surface area (Å²) in [4.78, 5) is 13.3. The van der Waals surface area contributed by atoms with E-state index in [1.807, 2.05) is 6.08 Å². The van der Waals surface area contributed by atoms with E-state index < -0.39 is 86.8 Å². The lowest BCUT2D eigenvalue weighted by Gasteiger charge is -2.46. The van der Waals surface area contributed by atoms with Crippen LogP contribution in [0.5, 0.6) is 0 Å². The molecule has 0 saturated carbocycles. The first-order chi connectivity index (χ1) is 41.1. The third-order valence-electron chi connectivity index (χ3n) is 17.3. The summed E-state index contributed by atoms with van der Waals surface area (Å²) in [6.07, 6.45) is 53.5. The maximum atomic E-state index is 13.3. The lowest BCUT2D eigenvalue weighted by molar-refractivity contribution is -0.359. The van der Waals surface area contributed by atoms with E-state index in [1.54, 1.807) is 6.08 Å². The smallest absolute Gasteiger partial charge is 0.220 e. The minimum atomic E-state index is -1.79. The Morgan fingerprint density at radius 3 is 1.21 bits per heavy atom. The second-order valence-electron chi connectivity index (χ2n) is 25.0. The van der Waals surface area contributed by atoms with E-state index in [9.17, 15) is 45.6 Å². The highest BCUT2D eigenvalue weighted by molar-refractivity contribution is 5.76. The maximum absolute atomic E-state index is 13.3. The van der Waals surface area contributed by atoms with Crippen molar-refractivity contribution >= 4 is 5.91 Å². The highest BCUT2D eigenvalue weighted by Gasteiger charge is 2.51. The van der Waals surface area contributed by atoms with Gasteiger partial charge in [-0.25, -0.2) is 0 Å². The van der Waals surface area contributed by atoms with Crippen LogP contribution in [0.4, 0.5) is 0 Å². The van der Waals surface area contributed by atoms with Crippen LogP contribution in [0.2, 0.25) is 0 Å². The molecule has 2 aliphatic rings. The van der Waals surface area contributed by atoms with Crippen LogP contribution in [-0.2, 0) is 23.7 Å². The van der Waals surface area contributed by atoms with Crippen molar-refractivity contribution in [2.75, 3.05) is 19.8 Å². The normalized spacial score (nSPS) is 23.8. The van der Waals surface area contributed by atoms with E-state index in [-0.39, 0.29) is 18.9 Å². The third-order valence-corrected chi connectivity index (χ3v) is 17.3. The first-order valence-corrected chi connectivity index (χ1v) is 35.2. The molecule has 2 saturated heterocycles. The molecule has 0 aliphatic carbocycles. The molecule has 14 heteroatoms. The molecule has 14 nitrogen and oxygen atoms in total. The summed E-state index contributed by atoms with van der Waals surface area (Å²) in [5.41, 5.74) is 0. The van der Waals surface area contributed by atoms with Gasteiger partial charge >= 0.3 is 0 Å². The van der Waals surface area contributed by atoms with Gasteiger partial charge in [-0.1, -0.05) is 288 Å². The largest absolute Gasteiger partial charge is 0.394 e. The number of hydrogen-bond acceptors (Lipinski definition) is 13. The first kappa shape index (κ1) is 78.3. The van der Waals surface area contributed by atoms with Gasteiger partial charge in [-0.3, -0.25) is 4.79 Å². The molecule has 84 heavy (non-hydrogen) atoms. The van der Waals surface area contributed by atoms with Crippen LogP contribution in [0.25, 0.3) is 0 Å². The molecule has 1 amide bonds. The van der Waals surface area contributed by atoms with Gasteiger partial charge < -0.3 is 65.1 Å². The monoisotopic (exact) mass is 1190 g/mol. The topological polar surface area (TPSA) is 228 Å². The first-order valence-electron chi connectivity index (χ1n) is 35.2. The van der Waals surface area contributed by atoms with Crippen molar-refractivity contribution < 1.29 is 64.6 Å².